The van der Waals surface area contributed by atoms with Gasteiger partial charge in [0, 0.05) is 11.1 Å². The van der Waals surface area contributed by atoms with Gasteiger partial charge < -0.3 is 0 Å². The largest absolute Gasteiger partial charge is 0.288 e. The highest BCUT2D eigenvalue weighted by Gasteiger charge is 2.41. The van der Waals surface area contributed by atoms with Crippen molar-refractivity contribution >= 4 is 16.1 Å². The average Bonchev–Trinajstić information content (AvgIpc) is 2.31. The third kappa shape index (κ3) is 6.35. The van der Waals surface area contributed by atoms with Crippen LogP contribution in [0.15, 0.2) is 0 Å². The molecule has 0 fully saturated rings. The highest BCUT2D eigenvalue weighted by molar-refractivity contribution is 7.57. The minimum Gasteiger partial charge on any atom is -0.288 e. The lowest BCUT2D eigenvalue weighted by molar-refractivity contribution is 0.262. The molecular weight excluding hydrogens is 306 g/mol. The van der Waals surface area contributed by atoms with Crippen molar-refractivity contribution in [2.75, 3.05) is 0 Å². The van der Waals surface area contributed by atoms with Gasteiger partial charge in [0.05, 0.1) is 0 Å². The predicted molar refractivity (Wildman–Crippen MR) is 109 cm³/mol. The topological polar surface area (TPSA) is 24.1 Å². The van der Waals surface area contributed by atoms with E-state index in [0.29, 0.717) is 22.6 Å². The summed E-state index contributed by atoms with van der Waals surface area (Å²) in [7, 11) is -0.339. The Balaban J connectivity index is 5.21. The smallest absolute Gasteiger partial charge is 0.0340 e. The molecule has 0 amide bonds. The van der Waals surface area contributed by atoms with Crippen molar-refractivity contribution in [3.63, 3.8) is 0 Å². The number of hydrogen-bond donors (Lipinski definition) is 2. The zero-order valence-corrected chi connectivity index (χ0v) is 19.0. The molecule has 0 unspecified atom stereocenters. The van der Waals surface area contributed by atoms with Crippen LogP contribution < -0.4 is 10.2 Å². The summed E-state index contributed by atoms with van der Waals surface area (Å²) in [5.41, 5.74) is 2.97. The van der Waals surface area contributed by atoms with E-state index in [1.807, 2.05) is 0 Å². The maximum Gasteiger partial charge on any atom is 0.0340 e. The zero-order chi connectivity index (χ0) is 17.9. The number of nitrogens with one attached hydrogen (secondary N) is 2. The van der Waals surface area contributed by atoms with Gasteiger partial charge >= 0.3 is 0 Å². The van der Waals surface area contributed by atoms with Gasteiger partial charge in [0.2, 0.25) is 0 Å². The Morgan fingerprint density at radius 1 is 0.500 bits per heavy atom. The highest BCUT2D eigenvalue weighted by atomic mass is 31.1. The van der Waals surface area contributed by atoms with Gasteiger partial charge in [-0.3, -0.25) is 10.2 Å². The molecule has 2 nitrogen and oxygen atoms in total. The van der Waals surface area contributed by atoms with Crippen molar-refractivity contribution in [3.8, 4) is 0 Å². The summed E-state index contributed by atoms with van der Waals surface area (Å²) < 4.78 is 0. The van der Waals surface area contributed by atoms with E-state index < -0.39 is 0 Å². The van der Waals surface area contributed by atoms with E-state index in [1.54, 1.807) is 0 Å². The molecule has 0 spiro atoms. The van der Waals surface area contributed by atoms with E-state index in [-0.39, 0.29) is 27.2 Å². The van der Waals surface area contributed by atoms with E-state index in [2.05, 4.69) is 93.3 Å². The second-order valence-corrected chi connectivity index (χ2v) is 14.9. The maximum atomic E-state index is 4.03. The fourth-order valence-corrected chi connectivity index (χ4v) is 7.90. The van der Waals surface area contributed by atoms with Crippen LogP contribution in [-0.4, -0.2) is 33.7 Å². The monoisotopic (exact) mass is 348 g/mol. The van der Waals surface area contributed by atoms with Gasteiger partial charge in [0.15, 0.2) is 0 Å². The van der Waals surface area contributed by atoms with Crippen LogP contribution in [0.4, 0.5) is 0 Å². The highest BCUT2D eigenvalue weighted by Crippen LogP contribution is 2.49. The van der Waals surface area contributed by atoms with Gasteiger partial charge in [-0.2, -0.15) is 0 Å². The summed E-state index contributed by atoms with van der Waals surface area (Å²) in [4.78, 5) is 0. The van der Waals surface area contributed by atoms with Crippen LogP contribution in [0.2, 0.25) is 0 Å². The minimum absolute atomic E-state index is 0.0671. The van der Waals surface area contributed by atoms with E-state index in [1.165, 1.54) is 0 Å². The lowest BCUT2D eigenvalue weighted by atomic mass is 9.85. The summed E-state index contributed by atoms with van der Waals surface area (Å²) in [5.74, 6) is 0. The fraction of sp³-hybridized carbons (Fsp3) is 1.00. The first-order valence-electron chi connectivity index (χ1n) is 8.85. The van der Waals surface area contributed by atoms with E-state index in [9.17, 15) is 0 Å². The molecule has 0 bridgehead atoms. The molecule has 0 saturated heterocycles. The summed E-state index contributed by atoms with van der Waals surface area (Å²) in [6.07, 6.45) is 0. The van der Waals surface area contributed by atoms with Crippen molar-refractivity contribution in [1.82, 2.24) is 10.2 Å². The molecule has 22 heavy (non-hydrogen) atoms. The first kappa shape index (κ1) is 22.8. The lowest BCUT2D eigenvalue weighted by Crippen LogP contribution is -2.61. The Hall–Kier alpha value is 0.780. The van der Waals surface area contributed by atoms with E-state index in [0.717, 1.165) is 0 Å². The number of rotatable bonds is 9. The molecule has 0 aliphatic heterocycles. The normalized spacial score (nSPS) is 14.5. The average molecular weight is 348 g/mol. The van der Waals surface area contributed by atoms with Gasteiger partial charge in [-0.05, 0) is 66.5 Å². The van der Waals surface area contributed by atoms with Gasteiger partial charge in [-0.1, -0.05) is 55.4 Å². The van der Waals surface area contributed by atoms with Crippen LogP contribution in [0.5, 0.6) is 0 Å². The van der Waals surface area contributed by atoms with Crippen molar-refractivity contribution in [2.45, 2.75) is 117 Å². The van der Waals surface area contributed by atoms with Crippen molar-refractivity contribution in [3.05, 3.63) is 0 Å². The van der Waals surface area contributed by atoms with Gasteiger partial charge in [-0.25, -0.2) is 0 Å². The molecule has 4 heteroatoms. The van der Waals surface area contributed by atoms with Crippen LogP contribution in [0.25, 0.3) is 0 Å². The molecule has 0 saturated carbocycles. The standard InChI is InChI=1S/C18H42N2P2/c1-13(2)21(14(3)4)19-17(9,10)18(11,12)20-22(15(5)6)16(7)8/h13-16,19-20H,1-12H3. The van der Waals surface area contributed by atoms with Crippen LogP contribution in [0.1, 0.15) is 83.1 Å². The first-order valence-corrected chi connectivity index (χ1v) is 11.8. The Morgan fingerprint density at radius 2 is 0.682 bits per heavy atom. The van der Waals surface area contributed by atoms with Crippen LogP contribution in [0.3, 0.4) is 0 Å². The Morgan fingerprint density at radius 3 is 0.818 bits per heavy atom. The fourth-order valence-electron chi connectivity index (χ4n) is 2.63. The third-order valence-corrected chi connectivity index (χ3v) is 10.7. The Bertz CT molecular complexity index is 275. The molecule has 0 heterocycles. The van der Waals surface area contributed by atoms with E-state index in [4.69, 9.17) is 0 Å². The summed E-state index contributed by atoms with van der Waals surface area (Å²) in [6, 6.07) is 0. The second kappa shape index (κ2) is 8.75. The molecule has 0 aromatic carbocycles. The molecule has 0 aromatic heterocycles. The molecule has 0 aliphatic carbocycles. The van der Waals surface area contributed by atoms with Crippen molar-refractivity contribution in [2.24, 2.45) is 0 Å². The van der Waals surface area contributed by atoms with Gasteiger partial charge in [0.1, 0.15) is 0 Å². The molecule has 0 rings (SSSR count). The van der Waals surface area contributed by atoms with Gasteiger partial charge in [0.25, 0.3) is 0 Å². The quantitative estimate of drug-likeness (QED) is 0.488. The molecule has 134 valence electrons. The minimum atomic E-state index is -0.169. The van der Waals surface area contributed by atoms with Crippen LogP contribution >= 0.6 is 16.1 Å². The lowest BCUT2D eigenvalue weighted by Gasteiger charge is -2.49. The molecule has 0 atom stereocenters. The van der Waals surface area contributed by atoms with Crippen LogP contribution in [0, 0.1) is 0 Å². The summed E-state index contributed by atoms with van der Waals surface area (Å²) in [6.45, 7) is 28.3. The van der Waals surface area contributed by atoms with Gasteiger partial charge in [-0.15, -0.1) is 0 Å². The van der Waals surface area contributed by atoms with Crippen molar-refractivity contribution < 1.29 is 0 Å². The van der Waals surface area contributed by atoms with Crippen LogP contribution in [-0.2, 0) is 0 Å². The second-order valence-electron chi connectivity index (χ2n) is 8.66. The predicted octanol–water partition coefficient (Wildman–Crippen LogP) is 6.15. The summed E-state index contributed by atoms with van der Waals surface area (Å²) >= 11 is 0. The van der Waals surface area contributed by atoms with E-state index >= 15 is 0 Å². The zero-order valence-electron chi connectivity index (χ0n) is 17.2. The molecule has 0 aromatic rings. The maximum absolute atomic E-state index is 4.03. The Labute approximate surface area is 143 Å². The molecular formula is C18H42N2P2. The first-order chi connectivity index (χ1) is 9.73. The molecule has 0 aliphatic rings. The SMILES string of the molecule is CC(C)P(NC(C)(C)C(C)(C)NP(C(C)C)C(C)C)C(C)C. The van der Waals surface area contributed by atoms with Crippen molar-refractivity contribution in [1.29, 1.82) is 0 Å². The summed E-state index contributed by atoms with van der Waals surface area (Å²) in [5, 5.41) is 8.06. The molecule has 0 radical (unpaired) electrons. The Kier molecular flexibility index (Phi) is 9.06. The molecule has 2 N–H and O–H groups in total. The third-order valence-electron chi connectivity index (χ3n) is 4.61. The number of hydrogen-bond acceptors (Lipinski definition) is 2.